The number of anilines is 1. The number of hydrogen-bond donors (Lipinski definition) is 1. The van der Waals surface area contributed by atoms with Crippen LogP contribution in [0.25, 0.3) is 11.6 Å². The van der Waals surface area contributed by atoms with Gasteiger partial charge in [0.2, 0.25) is 0 Å². The van der Waals surface area contributed by atoms with Gasteiger partial charge in [0, 0.05) is 16.3 Å². The van der Waals surface area contributed by atoms with E-state index in [0.717, 1.165) is 0 Å². The third kappa shape index (κ3) is 5.60. The van der Waals surface area contributed by atoms with Gasteiger partial charge >= 0.3 is 0 Å². The number of nitrogens with zero attached hydrogens (tertiary/aromatic N) is 1. The van der Waals surface area contributed by atoms with Crippen LogP contribution >= 0.6 is 23.2 Å². The third-order valence-electron chi connectivity index (χ3n) is 4.04. The molecule has 4 nitrogen and oxygen atoms in total. The smallest absolute Gasteiger partial charge is 0.262 e. The highest BCUT2D eigenvalue weighted by Gasteiger charge is 2.09. The summed E-state index contributed by atoms with van der Waals surface area (Å²) in [5.41, 5.74) is 2.15. The SMILES string of the molecule is N#CC(=Cc1ccc(OCC(=O)Nc2ccc(F)cc2)c(Cl)c1)c1ccccc1Cl. The van der Waals surface area contributed by atoms with Crippen molar-refractivity contribution < 1.29 is 13.9 Å². The molecule has 0 saturated carbocycles. The van der Waals surface area contributed by atoms with Gasteiger partial charge in [0.05, 0.1) is 16.7 Å². The maximum atomic E-state index is 12.9. The summed E-state index contributed by atoms with van der Waals surface area (Å²) in [6.45, 7) is -0.269. The molecule has 0 fully saturated rings. The van der Waals surface area contributed by atoms with Gasteiger partial charge in [-0.3, -0.25) is 4.79 Å². The minimum Gasteiger partial charge on any atom is -0.482 e. The molecule has 0 spiro atoms. The minimum atomic E-state index is -0.410. The first kappa shape index (κ1) is 21.4. The largest absolute Gasteiger partial charge is 0.482 e. The van der Waals surface area contributed by atoms with E-state index >= 15 is 0 Å². The molecule has 0 radical (unpaired) electrons. The number of halogens is 3. The van der Waals surface area contributed by atoms with Crippen molar-refractivity contribution >= 4 is 46.4 Å². The van der Waals surface area contributed by atoms with Gasteiger partial charge in [0.1, 0.15) is 11.6 Å². The molecular formula is C23H15Cl2FN2O2. The minimum absolute atomic E-state index is 0.269. The molecule has 150 valence electrons. The van der Waals surface area contributed by atoms with E-state index < -0.39 is 5.91 Å². The number of benzene rings is 3. The zero-order valence-electron chi connectivity index (χ0n) is 15.5. The molecule has 30 heavy (non-hydrogen) atoms. The normalized spacial score (nSPS) is 10.9. The second-order valence-corrected chi connectivity index (χ2v) is 7.00. The molecule has 0 saturated heterocycles. The Bertz CT molecular complexity index is 1140. The molecule has 3 aromatic carbocycles. The summed E-state index contributed by atoms with van der Waals surface area (Å²) in [4.78, 5) is 12.0. The number of rotatable bonds is 6. The summed E-state index contributed by atoms with van der Waals surface area (Å²) in [5.74, 6) is -0.481. The summed E-state index contributed by atoms with van der Waals surface area (Å²) < 4.78 is 18.4. The van der Waals surface area contributed by atoms with Crippen LogP contribution in [0.15, 0.2) is 66.7 Å². The summed E-state index contributed by atoms with van der Waals surface area (Å²) in [5, 5.41) is 12.8. The predicted octanol–water partition coefficient (Wildman–Crippen LogP) is 6.21. The van der Waals surface area contributed by atoms with E-state index in [-0.39, 0.29) is 17.4 Å². The Balaban J connectivity index is 1.67. The predicted molar refractivity (Wildman–Crippen MR) is 117 cm³/mol. The van der Waals surface area contributed by atoms with Gasteiger partial charge < -0.3 is 10.1 Å². The fraction of sp³-hybridized carbons (Fsp3) is 0.0435. The molecule has 1 amide bonds. The average molecular weight is 441 g/mol. The number of nitriles is 1. The molecule has 0 heterocycles. The fourth-order valence-corrected chi connectivity index (χ4v) is 3.10. The first-order valence-corrected chi connectivity index (χ1v) is 9.56. The van der Waals surface area contributed by atoms with Crippen LogP contribution in [0.4, 0.5) is 10.1 Å². The van der Waals surface area contributed by atoms with Crippen molar-refractivity contribution in [1.82, 2.24) is 0 Å². The van der Waals surface area contributed by atoms with Crippen molar-refractivity contribution in [3.63, 3.8) is 0 Å². The molecule has 0 aliphatic carbocycles. The van der Waals surface area contributed by atoms with E-state index in [9.17, 15) is 14.4 Å². The van der Waals surface area contributed by atoms with Crippen molar-refractivity contribution in [2.45, 2.75) is 0 Å². The second kappa shape index (κ2) is 9.93. The number of carbonyl (C=O) groups excluding carboxylic acids is 1. The first-order chi connectivity index (χ1) is 14.5. The summed E-state index contributed by atoms with van der Waals surface area (Å²) in [7, 11) is 0. The lowest BCUT2D eigenvalue weighted by Crippen LogP contribution is -2.20. The highest BCUT2D eigenvalue weighted by molar-refractivity contribution is 6.33. The van der Waals surface area contributed by atoms with Gasteiger partial charge in [-0.2, -0.15) is 5.26 Å². The number of ether oxygens (including phenoxy) is 1. The number of allylic oxidation sites excluding steroid dienone is 1. The molecule has 0 bridgehead atoms. The van der Waals surface area contributed by atoms with Crippen LogP contribution < -0.4 is 10.1 Å². The van der Waals surface area contributed by atoms with Crippen LogP contribution in [0.1, 0.15) is 11.1 Å². The monoisotopic (exact) mass is 440 g/mol. The molecule has 7 heteroatoms. The summed E-state index contributed by atoms with van der Waals surface area (Å²) >= 11 is 12.4. The Morgan fingerprint density at radius 3 is 2.47 bits per heavy atom. The number of amides is 1. The van der Waals surface area contributed by atoms with Gasteiger partial charge in [0.25, 0.3) is 5.91 Å². The van der Waals surface area contributed by atoms with E-state index in [2.05, 4.69) is 11.4 Å². The van der Waals surface area contributed by atoms with Crippen LogP contribution in [0, 0.1) is 17.1 Å². The Labute approximate surface area is 183 Å². The van der Waals surface area contributed by atoms with Gasteiger partial charge in [-0.05, 0) is 54.1 Å². The van der Waals surface area contributed by atoms with Crippen LogP contribution in [0.3, 0.4) is 0 Å². The molecule has 0 aliphatic heterocycles. The molecule has 0 unspecified atom stereocenters. The van der Waals surface area contributed by atoms with Gasteiger partial charge in [-0.25, -0.2) is 4.39 Å². The Hall–Kier alpha value is -3.33. The molecule has 1 N–H and O–H groups in total. The van der Waals surface area contributed by atoms with Crippen molar-refractivity contribution in [3.05, 3.63) is 93.7 Å². The molecule has 0 atom stereocenters. The van der Waals surface area contributed by atoms with E-state index in [4.69, 9.17) is 27.9 Å². The molecule has 3 rings (SSSR count). The average Bonchev–Trinajstić information content (AvgIpc) is 2.73. The lowest BCUT2D eigenvalue weighted by atomic mass is 10.0. The van der Waals surface area contributed by atoms with Crippen molar-refractivity contribution in [1.29, 1.82) is 5.26 Å². The van der Waals surface area contributed by atoms with Crippen molar-refractivity contribution in [2.75, 3.05) is 11.9 Å². The van der Waals surface area contributed by atoms with Crippen LogP contribution in [0.2, 0.25) is 10.0 Å². The van der Waals surface area contributed by atoms with Crippen LogP contribution in [-0.4, -0.2) is 12.5 Å². The quantitative estimate of drug-likeness (QED) is 0.365. The summed E-state index contributed by atoms with van der Waals surface area (Å²) in [6.07, 6.45) is 1.66. The molecular weight excluding hydrogens is 426 g/mol. The maximum Gasteiger partial charge on any atom is 0.262 e. The number of hydrogen-bond acceptors (Lipinski definition) is 3. The lowest BCUT2D eigenvalue weighted by Gasteiger charge is -2.10. The maximum absolute atomic E-state index is 12.9. The highest BCUT2D eigenvalue weighted by Crippen LogP contribution is 2.29. The first-order valence-electron chi connectivity index (χ1n) is 8.81. The van der Waals surface area contributed by atoms with Crippen molar-refractivity contribution in [2.24, 2.45) is 0 Å². The van der Waals surface area contributed by atoms with E-state index in [1.54, 1.807) is 48.5 Å². The van der Waals surface area contributed by atoms with E-state index in [0.29, 0.717) is 33.2 Å². The Kier molecular flexibility index (Phi) is 7.08. The lowest BCUT2D eigenvalue weighted by molar-refractivity contribution is -0.118. The van der Waals surface area contributed by atoms with Crippen LogP contribution in [-0.2, 0) is 4.79 Å². The number of carbonyl (C=O) groups is 1. The van der Waals surface area contributed by atoms with Gasteiger partial charge in [-0.15, -0.1) is 0 Å². The van der Waals surface area contributed by atoms with Crippen molar-refractivity contribution in [3.8, 4) is 11.8 Å². The Morgan fingerprint density at radius 1 is 1.07 bits per heavy atom. The second-order valence-electron chi connectivity index (χ2n) is 6.18. The van der Waals surface area contributed by atoms with Gasteiger partial charge in [0.15, 0.2) is 6.61 Å². The van der Waals surface area contributed by atoms with Crippen LogP contribution in [0.5, 0.6) is 5.75 Å². The Morgan fingerprint density at radius 2 is 1.80 bits per heavy atom. The third-order valence-corrected chi connectivity index (χ3v) is 4.66. The topological polar surface area (TPSA) is 62.1 Å². The fourth-order valence-electron chi connectivity index (χ4n) is 2.61. The van der Waals surface area contributed by atoms with Gasteiger partial charge in [-0.1, -0.05) is 47.5 Å². The summed E-state index contributed by atoms with van der Waals surface area (Å²) in [6, 6.07) is 19.5. The highest BCUT2D eigenvalue weighted by atomic mass is 35.5. The van der Waals surface area contributed by atoms with E-state index in [1.165, 1.54) is 24.3 Å². The zero-order chi connectivity index (χ0) is 21.5. The molecule has 0 aromatic heterocycles. The zero-order valence-corrected chi connectivity index (χ0v) is 17.0. The number of nitrogens with one attached hydrogen (secondary N) is 1. The standard InChI is InChI=1S/C23H15Cl2FN2O2/c24-20-4-2-1-3-19(20)16(13-27)11-15-5-10-22(21(25)12-15)30-14-23(29)28-18-8-6-17(26)7-9-18/h1-12H,14H2,(H,28,29). The molecule has 0 aliphatic rings. The molecule has 3 aromatic rings. The van der Waals surface area contributed by atoms with E-state index in [1.807, 2.05) is 0 Å².